The Morgan fingerprint density at radius 3 is 2.63 bits per heavy atom. The summed E-state index contributed by atoms with van der Waals surface area (Å²) < 4.78 is 11.5. The Kier molecular flexibility index (Phi) is 4.16. The van der Waals surface area contributed by atoms with Crippen molar-refractivity contribution < 1.29 is 9.47 Å². The van der Waals surface area contributed by atoms with E-state index in [4.69, 9.17) is 9.47 Å². The molecule has 2 unspecified atom stereocenters. The first kappa shape index (κ1) is 13.1. The van der Waals surface area contributed by atoms with Gasteiger partial charge in [0.15, 0.2) is 0 Å². The van der Waals surface area contributed by atoms with Crippen LogP contribution in [0.5, 0.6) is 0 Å². The van der Waals surface area contributed by atoms with E-state index in [1.54, 1.807) is 0 Å². The summed E-state index contributed by atoms with van der Waals surface area (Å²) in [5.41, 5.74) is 1.31. The van der Waals surface area contributed by atoms with Crippen LogP contribution in [0.3, 0.4) is 0 Å². The lowest BCUT2D eigenvalue weighted by Gasteiger charge is -2.23. The van der Waals surface area contributed by atoms with Gasteiger partial charge in [0.25, 0.3) is 0 Å². The van der Waals surface area contributed by atoms with E-state index in [-0.39, 0.29) is 6.10 Å². The molecule has 4 atom stereocenters. The molecule has 0 bridgehead atoms. The molecule has 0 aliphatic carbocycles. The highest BCUT2D eigenvalue weighted by Crippen LogP contribution is 2.34. The Balaban J connectivity index is 1.58. The van der Waals surface area contributed by atoms with Gasteiger partial charge in [-0.15, -0.1) is 0 Å². The van der Waals surface area contributed by atoms with Crippen LogP contribution in [-0.4, -0.2) is 31.9 Å². The van der Waals surface area contributed by atoms with Gasteiger partial charge >= 0.3 is 0 Å². The smallest absolute Gasteiger partial charge is 0.0866 e. The third-order valence-corrected chi connectivity index (χ3v) is 4.36. The summed E-state index contributed by atoms with van der Waals surface area (Å²) in [6.07, 6.45) is 2.88. The summed E-state index contributed by atoms with van der Waals surface area (Å²) in [6, 6.07) is 11.1. The second kappa shape index (κ2) is 6.04. The van der Waals surface area contributed by atoms with Crippen LogP contribution < -0.4 is 5.32 Å². The maximum atomic E-state index is 5.92. The fourth-order valence-electron chi connectivity index (χ4n) is 3.16. The lowest BCUT2D eigenvalue weighted by atomic mass is 9.95. The Hall–Kier alpha value is -0.900. The second-order valence-electron chi connectivity index (χ2n) is 5.63. The van der Waals surface area contributed by atoms with E-state index in [0.717, 1.165) is 32.6 Å². The Morgan fingerprint density at radius 2 is 1.89 bits per heavy atom. The van der Waals surface area contributed by atoms with Gasteiger partial charge in [-0.25, -0.2) is 0 Å². The molecule has 1 aromatic carbocycles. The molecule has 19 heavy (non-hydrogen) atoms. The topological polar surface area (TPSA) is 30.5 Å². The molecule has 0 spiro atoms. The summed E-state index contributed by atoms with van der Waals surface area (Å²) in [4.78, 5) is 0. The Bertz CT molecular complexity index is 395. The van der Waals surface area contributed by atoms with Crippen molar-refractivity contribution in [2.45, 2.75) is 38.0 Å². The molecule has 104 valence electrons. The third-order valence-electron chi connectivity index (χ3n) is 4.36. The molecule has 0 radical (unpaired) electrons. The molecule has 2 aliphatic rings. The molecular formula is C16H23NO2. The van der Waals surface area contributed by atoms with Crippen LogP contribution >= 0.6 is 0 Å². The average molecular weight is 261 g/mol. The van der Waals surface area contributed by atoms with Crippen molar-refractivity contribution in [3.63, 3.8) is 0 Å². The molecule has 1 N–H and O–H groups in total. The molecule has 3 rings (SSSR count). The summed E-state index contributed by atoms with van der Waals surface area (Å²) in [5.74, 6) is 0.579. The Morgan fingerprint density at radius 1 is 1.11 bits per heavy atom. The van der Waals surface area contributed by atoms with Gasteiger partial charge in [-0.05, 0) is 25.3 Å². The molecule has 2 aliphatic heterocycles. The van der Waals surface area contributed by atoms with Crippen molar-refractivity contribution >= 4 is 0 Å². The van der Waals surface area contributed by atoms with Crippen LogP contribution in [0.2, 0.25) is 0 Å². The Labute approximate surface area is 115 Å². The second-order valence-corrected chi connectivity index (χ2v) is 5.63. The number of benzene rings is 1. The summed E-state index contributed by atoms with van der Waals surface area (Å²) in [7, 11) is 0. The predicted octanol–water partition coefficient (Wildman–Crippen LogP) is 2.53. The van der Waals surface area contributed by atoms with Crippen molar-refractivity contribution in [3.05, 3.63) is 35.9 Å². The van der Waals surface area contributed by atoms with Gasteiger partial charge in [-0.1, -0.05) is 30.3 Å². The SMILES string of the molecule is CC1OCCC1NC[C@H]1CCO[C@@H]1c1ccccc1. The molecule has 0 aromatic heterocycles. The summed E-state index contributed by atoms with van der Waals surface area (Å²) in [5, 5.41) is 3.67. The quantitative estimate of drug-likeness (QED) is 0.903. The minimum absolute atomic E-state index is 0.256. The number of hydrogen-bond acceptors (Lipinski definition) is 3. The normalized spacial score (nSPS) is 34.8. The zero-order chi connectivity index (χ0) is 13.1. The molecule has 0 saturated carbocycles. The van der Waals surface area contributed by atoms with Gasteiger partial charge in [-0.3, -0.25) is 0 Å². The molecule has 0 amide bonds. The van der Waals surface area contributed by atoms with Crippen molar-refractivity contribution in [2.75, 3.05) is 19.8 Å². The zero-order valence-electron chi connectivity index (χ0n) is 11.5. The van der Waals surface area contributed by atoms with Crippen molar-refractivity contribution in [3.8, 4) is 0 Å². The molecular weight excluding hydrogens is 238 g/mol. The van der Waals surface area contributed by atoms with Crippen LogP contribution in [0, 0.1) is 5.92 Å². The molecule has 2 fully saturated rings. The number of nitrogens with one attached hydrogen (secondary N) is 1. The van der Waals surface area contributed by atoms with Gasteiger partial charge in [0.1, 0.15) is 0 Å². The minimum Gasteiger partial charge on any atom is -0.377 e. The van der Waals surface area contributed by atoms with Crippen LogP contribution in [0.4, 0.5) is 0 Å². The van der Waals surface area contributed by atoms with Crippen molar-refractivity contribution in [1.29, 1.82) is 0 Å². The van der Waals surface area contributed by atoms with Crippen LogP contribution in [0.15, 0.2) is 30.3 Å². The van der Waals surface area contributed by atoms with Gasteiger partial charge < -0.3 is 14.8 Å². The number of hydrogen-bond donors (Lipinski definition) is 1. The molecule has 2 heterocycles. The molecule has 1 aromatic rings. The maximum absolute atomic E-state index is 5.92. The van der Waals surface area contributed by atoms with Crippen molar-refractivity contribution in [1.82, 2.24) is 5.32 Å². The van der Waals surface area contributed by atoms with Crippen molar-refractivity contribution in [2.24, 2.45) is 5.92 Å². The minimum atomic E-state index is 0.256. The third kappa shape index (κ3) is 2.99. The van der Waals surface area contributed by atoms with E-state index in [2.05, 4.69) is 42.6 Å². The molecule has 3 heteroatoms. The first-order valence-electron chi connectivity index (χ1n) is 7.36. The van der Waals surface area contributed by atoms with Crippen LogP contribution in [0.25, 0.3) is 0 Å². The first-order chi connectivity index (χ1) is 9.34. The van der Waals surface area contributed by atoms with Gasteiger partial charge in [0, 0.05) is 31.7 Å². The number of rotatable bonds is 4. The van der Waals surface area contributed by atoms with E-state index in [1.807, 2.05) is 0 Å². The predicted molar refractivity (Wildman–Crippen MR) is 75.1 cm³/mol. The van der Waals surface area contributed by atoms with E-state index < -0.39 is 0 Å². The first-order valence-corrected chi connectivity index (χ1v) is 7.36. The summed E-state index contributed by atoms with van der Waals surface area (Å²) in [6.45, 7) is 4.95. The fraction of sp³-hybridized carbons (Fsp3) is 0.625. The number of ether oxygens (including phenoxy) is 2. The zero-order valence-corrected chi connectivity index (χ0v) is 11.5. The monoisotopic (exact) mass is 261 g/mol. The van der Waals surface area contributed by atoms with E-state index in [1.165, 1.54) is 5.56 Å². The summed E-state index contributed by atoms with van der Waals surface area (Å²) >= 11 is 0. The van der Waals surface area contributed by atoms with E-state index >= 15 is 0 Å². The maximum Gasteiger partial charge on any atom is 0.0866 e. The van der Waals surface area contributed by atoms with E-state index in [9.17, 15) is 0 Å². The standard InChI is InChI=1S/C16H23NO2/c1-12-15(8-10-18-12)17-11-14-7-9-19-16(14)13-5-3-2-4-6-13/h2-6,12,14-17H,7-11H2,1H3/t12?,14-,15?,16-/m1/s1. The lowest BCUT2D eigenvalue weighted by molar-refractivity contribution is 0.0862. The highest BCUT2D eigenvalue weighted by Gasteiger charge is 2.31. The van der Waals surface area contributed by atoms with Crippen LogP contribution in [0.1, 0.15) is 31.4 Å². The van der Waals surface area contributed by atoms with Gasteiger partial charge in [0.05, 0.1) is 12.2 Å². The van der Waals surface area contributed by atoms with Gasteiger partial charge in [0.2, 0.25) is 0 Å². The highest BCUT2D eigenvalue weighted by molar-refractivity contribution is 5.19. The average Bonchev–Trinajstić information content (AvgIpc) is 3.06. The van der Waals surface area contributed by atoms with Gasteiger partial charge in [-0.2, -0.15) is 0 Å². The molecule has 3 nitrogen and oxygen atoms in total. The molecule has 2 saturated heterocycles. The lowest BCUT2D eigenvalue weighted by Crippen LogP contribution is -2.38. The fourth-order valence-corrected chi connectivity index (χ4v) is 3.16. The largest absolute Gasteiger partial charge is 0.377 e. The van der Waals surface area contributed by atoms with E-state index in [0.29, 0.717) is 18.1 Å². The van der Waals surface area contributed by atoms with Crippen LogP contribution in [-0.2, 0) is 9.47 Å². The highest BCUT2D eigenvalue weighted by atomic mass is 16.5.